The van der Waals surface area contributed by atoms with Crippen LogP contribution < -0.4 is 0 Å². The van der Waals surface area contributed by atoms with Gasteiger partial charge in [0.05, 0.1) is 0 Å². The summed E-state index contributed by atoms with van der Waals surface area (Å²) in [5, 5.41) is 0. The second kappa shape index (κ2) is 64.8. The van der Waals surface area contributed by atoms with Crippen molar-refractivity contribution in [3.05, 3.63) is 146 Å². The number of hydrogen-bond acceptors (Lipinski definition) is 6. The number of carbonyl (C=O) groups excluding carboxylic acids is 3. The third kappa shape index (κ3) is 62.1. The quantitative estimate of drug-likeness (QED) is 0.0261. The van der Waals surface area contributed by atoms with Gasteiger partial charge in [0.1, 0.15) is 13.2 Å². The van der Waals surface area contributed by atoms with E-state index in [0.29, 0.717) is 19.3 Å². The molecule has 1 unspecified atom stereocenters. The molecule has 0 aliphatic rings. The summed E-state index contributed by atoms with van der Waals surface area (Å²) < 4.78 is 16.9. The molecule has 0 amide bonds. The number of allylic oxidation sites excluding steroid dienone is 24. The van der Waals surface area contributed by atoms with Crippen LogP contribution in [0.4, 0.5) is 0 Å². The average molecular weight is 1080 g/mol. The lowest BCUT2D eigenvalue weighted by molar-refractivity contribution is -0.167. The fraction of sp³-hybridized carbons (Fsp3) is 0.625. The summed E-state index contributed by atoms with van der Waals surface area (Å²) >= 11 is 0. The molecule has 0 aromatic heterocycles. The maximum absolute atomic E-state index is 12.9. The van der Waals surface area contributed by atoms with Gasteiger partial charge in [-0.25, -0.2) is 0 Å². The smallest absolute Gasteiger partial charge is 0.306 e. The van der Waals surface area contributed by atoms with Crippen molar-refractivity contribution in [1.29, 1.82) is 0 Å². The highest BCUT2D eigenvalue weighted by Crippen LogP contribution is 2.15. The van der Waals surface area contributed by atoms with Gasteiger partial charge >= 0.3 is 17.9 Å². The molecule has 0 aromatic rings. The number of hydrogen-bond donors (Lipinski definition) is 0. The normalized spacial score (nSPS) is 13.1. The highest BCUT2D eigenvalue weighted by Gasteiger charge is 2.19. The van der Waals surface area contributed by atoms with E-state index in [1.165, 1.54) is 83.5 Å². The molecule has 0 radical (unpaired) electrons. The predicted octanol–water partition coefficient (Wildman–Crippen LogP) is 21.9. The van der Waals surface area contributed by atoms with Gasteiger partial charge in [0.15, 0.2) is 6.10 Å². The van der Waals surface area contributed by atoms with Crippen LogP contribution in [-0.2, 0) is 28.6 Å². The van der Waals surface area contributed by atoms with Gasteiger partial charge < -0.3 is 14.2 Å². The lowest BCUT2D eigenvalue weighted by Gasteiger charge is -2.18. The first kappa shape index (κ1) is 73.3. The van der Waals surface area contributed by atoms with Crippen molar-refractivity contribution in [2.24, 2.45) is 0 Å². The molecule has 0 heterocycles. The molecule has 1 atom stereocenters. The Morgan fingerprint density at radius 3 is 0.808 bits per heavy atom. The summed E-state index contributed by atoms with van der Waals surface area (Å²) in [7, 11) is 0. The molecule has 0 bridgehead atoms. The summed E-state index contributed by atoms with van der Waals surface area (Å²) in [6.45, 7) is 6.36. The minimum absolute atomic E-state index is 0.108. The topological polar surface area (TPSA) is 78.9 Å². The van der Waals surface area contributed by atoms with Gasteiger partial charge in [0.2, 0.25) is 0 Å². The Bertz CT molecular complexity index is 1710. The van der Waals surface area contributed by atoms with Crippen molar-refractivity contribution in [3.63, 3.8) is 0 Å². The summed E-state index contributed by atoms with van der Waals surface area (Å²) in [6, 6.07) is 0. The van der Waals surface area contributed by atoms with Crippen LogP contribution in [0.25, 0.3) is 0 Å². The van der Waals surface area contributed by atoms with Crippen LogP contribution in [0.1, 0.15) is 271 Å². The molecule has 0 aliphatic heterocycles. The molecule has 0 rings (SSSR count). The van der Waals surface area contributed by atoms with E-state index in [1.54, 1.807) is 0 Å². The van der Waals surface area contributed by atoms with Crippen LogP contribution in [0, 0.1) is 0 Å². The highest BCUT2D eigenvalue weighted by molar-refractivity contribution is 5.71. The fourth-order valence-electron chi connectivity index (χ4n) is 8.39. The zero-order chi connectivity index (χ0) is 56.4. The highest BCUT2D eigenvalue weighted by atomic mass is 16.6. The Morgan fingerprint density at radius 2 is 0.500 bits per heavy atom. The molecule has 0 spiro atoms. The third-order valence-corrected chi connectivity index (χ3v) is 13.1. The monoisotopic (exact) mass is 1080 g/mol. The Kier molecular flexibility index (Phi) is 60.9. The molecule has 0 saturated heterocycles. The van der Waals surface area contributed by atoms with Gasteiger partial charge in [0.25, 0.3) is 0 Å². The number of carbonyl (C=O) groups is 3. The molecular weight excluding hydrogens is 961 g/mol. The van der Waals surface area contributed by atoms with Gasteiger partial charge in [-0.05, 0) is 122 Å². The zero-order valence-corrected chi connectivity index (χ0v) is 50.4. The van der Waals surface area contributed by atoms with E-state index in [-0.39, 0.29) is 31.1 Å². The second-order valence-corrected chi connectivity index (χ2v) is 20.6. The second-order valence-electron chi connectivity index (χ2n) is 20.6. The zero-order valence-electron chi connectivity index (χ0n) is 50.4. The molecule has 0 fully saturated rings. The van der Waals surface area contributed by atoms with Crippen molar-refractivity contribution in [1.82, 2.24) is 0 Å². The van der Waals surface area contributed by atoms with Crippen LogP contribution in [0.5, 0.6) is 0 Å². The van der Waals surface area contributed by atoms with Crippen molar-refractivity contribution >= 4 is 17.9 Å². The van der Waals surface area contributed by atoms with Crippen LogP contribution in [0.15, 0.2) is 146 Å². The van der Waals surface area contributed by atoms with Crippen molar-refractivity contribution < 1.29 is 28.6 Å². The van der Waals surface area contributed by atoms with E-state index in [2.05, 4.69) is 167 Å². The van der Waals surface area contributed by atoms with E-state index in [4.69, 9.17) is 14.2 Å². The molecule has 0 N–H and O–H groups in total. The third-order valence-electron chi connectivity index (χ3n) is 13.1. The predicted molar refractivity (Wildman–Crippen MR) is 339 cm³/mol. The Hall–Kier alpha value is -4.71. The summed E-state index contributed by atoms with van der Waals surface area (Å²) in [5.41, 5.74) is 0. The fourth-order valence-corrected chi connectivity index (χ4v) is 8.39. The molecule has 6 heteroatoms. The number of ether oxygens (including phenoxy) is 3. The van der Waals surface area contributed by atoms with E-state index < -0.39 is 6.10 Å². The first-order chi connectivity index (χ1) is 38.5. The lowest BCUT2D eigenvalue weighted by Crippen LogP contribution is -2.30. The molecule has 6 nitrogen and oxygen atoms in total. The van der Waals surface area contributed by atoms with Gasteiger partial charge in [-0.1, -0.05) is 276 Å². The summed E-state index contributed by atoms with van der Waals surface area (Å²) in [6.07, 6.45) is 92.8. The van der Waals surface area contributed by atoms with Crippen molar-refractivity contribution in [2.75, 3.05) is 13.2 Å². The van der Waals surface area contributed by atoms with E-state index in [9.17, 15) is 14.4 Å². The van der Waals surface area contributed by atoms with Crippen LogP contribution in [-0.4, -0.2) is 37.2 Å². The van der Waals surface area contributed by atoms with Crippen molar-refractivity contribution in [2.45, 2.75) is 277 Å². The summed E-state index contributed by atoms with van der Waals surface area (Å²) in [4.78, 5) is 38.3. The van der Waals surface area contributed by atoms with E-state index >= 15 is 0 Å². The first-order valence-electron chi connectivity index (χ1n) is 31.8. The van der Waals surface area contributed by atoms with E-state index in [1.807, 2.05) is 0 Å². The maximum atomic E-state index is 12.9. The Balaban J connectivity index is 4.43. The molecule has 0 saturated carbocycles. The largest absolute Gasteiger partial charge is 0.462 e. The molecule has 440 valence electrons. The molecular formula is C72H116O6. The van der Waals surface area contributed by atoms with Gasteiger partial charge in [-0.15, -0.1) is 0 Å². The average Bonchev–Trinajstić information content (AvgIpc) is 3.44. The Labute approximate surface area is 480 Å². The van der Waals surface area contributed by atoms with Gasteiger partial charge in [0, 0.05) is 19.3 Å². The molecule has 0 aliphatic carbocycles. The van der Waals surface area contributed by atoms with Crippen LogP contribution >= 0.6 is 0 Å². The molecule has 0 aromatic carbocycles. The number of unbranched alkanes of at least 4 members (excludes halogenated alkanes) is 21. The first-order valence-corrected chi connectivity index (χ1v) is 31.8. The summed E-state index contributed by atoms with van der Waals surface area (Å²) in [5.74, 6) is -0.971. The Morgan fingerprint density at radius 1 is 0.269 bits per heavy atom. The lowest BCUT2D eigenvalue weighted by atomic mass is 10.0. The minimum Gasteiger partial charge on any atom is -0.462 e. The van der Waals surface area contributed by atoms with E-state index in [0.717, 1.165) is 148 Å². The van der Waals surface area contributed by atoms with Gasteiger partial charge in [-0.3, -0.25) is 14.4 Å². The minimum atomic E-state index is -0.811. The SMILES string of the molecule is CC/C=C\C/C=C\C/C=C\C/C=C\C/C=C\C/C=C\C/C=C\C/C=C\CCCCCCC(=O)OCC(COC(=O)CCCC/C=C\C/C=C\C/C=C\C/C=C\CC)OC(=O)CCCCCCCCCCCCCCCCCC. The number of esters is 3. The maximum Gasteiger partial charge on any atom is 0.306 e. The van der Waals surface area contributed by atoms with Crippen molar-refractivity contribution in [3.8, 4) is 0 Å². The van der Waals surface area contributed by atoms with Gasteiger partial charge in [-0.2, -0.15) is 0 Å². The molecule has 78 heavy (non-hydrogen) atoms. The van der Waals surface area contributed by atoms with Crippen LogP contribution in [0.2, 0.25) is 0 Å². The number of rotatable bonds is 56. The standard InChI is InChI=1S/C72H116O6/c1-4-7-10-13-16-19-22-25-28-30-31-32-33-34-35-36-37-38-39-40-41-42-45-47-50-53-56-59-62-65-71(74)77-68-69(67-76-70(73)64-61-58-55-52-49-46-43-27-24-21-18-15-12-9-6-3)78-72(75)66-63-60-57-54-51-48-44-29-26-23-20-17-14-11-8-5-2/h7,9-10,12,16,18-19,21,25,27-28,31-32,34-35,37-38,40-41,43,45,47,49,52,69H,4-6,8,11,13-15,17,20,22-24,26,29-30,33,36,39,42,44,46,48,50-51,53-68H2,1-3H3/b10-7-,12-9-,19-16-,21-18-,28-25-,32-31-,35-34-,38-37-,41-40-,43-27-,47-45-,52-49-. The van der Waals surface area contributed by atoms with Crippen LogP contribution in [0.3, 0.4) is 0 Å².